The highest BCUT2D eigenvalue weighted by Crippen LogP contribution is 2.33. The van der Waals surface area contributed by atoms with Crippen LogP contribution < -0.4 is 0 Å². The van der Waals surface area contributed by atoms with E-state index in [2.05, 4.69) is 8.92 Å². The minimum absolute atomic E-state index is 0.169. The van der Waals surface area contributed by atoms with E-state index in [1.54, 1.807) is 0 Å². The van der Waals surface area contributed by atoms with Gasteiger partial charge in [-0.05, 0) is 18.6 Å². The quantitative estimate of drug-likeness (QED) is 0.251. The number of alkyl halides is 6. The first-order chi connectivity index (χ1) is 14.0. The topological polar surface area (TPSA) is 109 Å². The summed E-state index contributed by atoms with van der Waals surface area (Å²) in [4.78, 5) is 12.0. The maximum Gasteiger partial charge on any atom is 0.523 e. The highest BCUT2D eigenvalue weighted by Gasteiger charge is 2.50. The van der Waals surface area contributed by atoms with E-state index in [1.807, 2.05) is 0 Å². The second-order valence-corrected chi connectivity index (χ2v) is 9.23. The molecule has 0 unspecified atom stereocenters. The van der Waals surface area contributed by atoms with Crippen LogP contribution >= 0.6 is 0 Å². The maximum atomic E-state index is 13.0. The van der Waals surface area contributed by atoms with Crippen LogP contribution in [0.15, 0.2) is 30.5 Å². The molecule has 1 aromatic heterocycles. The number of carbonyl (C=O) groups excluding carboxylic acids is 1. The standard InChI is InChI=1S/C15H13F6NO7S2/c1-2-28-13(23)12(29-31(26,27)15(19,20)21)7-9-8-22(30(24,25)14(16,17)18)11-6-4-3-5-10(9)11/h3-6,8,12H,2,7H2,1H3/t12-/m1/s1. The minimum Gasteiger partial charge on any atom is -0.464 e. The number of para-hydroxylation sites is 1. The van der Waals surface area contributed by atoms with Crippen LogP contribution in [0, 0.1) is 0 Å². The molecule has 0 amide bonds. The summed E-state index contributed by atoms with van der Waals surface area (Å²) in [7, 11) is -12.2. The molecule has 1 aromatic carbocycles. The van der Waals surface area contributed by atoms with E-state index in [-0.39, 0.29) is 16.0 Å². The molecule has 0 aliphatic carbocycles. The Balaban J connectivity index is 2.60. The Morgan fingerprint density at radius 1 is 1.03 bits per heavy atom. The van der Waals surface area contributed by atoms with Crippen LogP contribution in [0.25, 0.3) is 10.9 Å². The second-order valence-electron chi connectivity index (χ2n) is 5.86. The summed E-state index contributed by atoms with van der Waals surface area (Å²) < 4.78 is 131. The third kappa shape index (κ3) is 4.95. The van der Waals surface area contributed by atoms with Gasteiger partial charge in [-0.1, -0.05) is 18.2 Å². The molecule has 1 heterocycles. The van der Waals surface area contributed by atoms with Gasteiger partial charge in [0.25, 0.3) is 0 Å². The Morgan fingerprint density at radius 3 is 2.13 bits per heavy atom. The largest absolute Gasteiger partial charge is 0.523 e. The molecule has 0 fully saturated rings. The highest BCUT2D eigenvalue weighted by atomic mass is 32.2. The number of rotatable bonds is 7. The van der Waals surface area contributed by atoms with E-state index >= 15 is 0 Å². The molecule has 0 aliphatic rings. The lowest BCUT2D eigenvalue weighted by Crippen LogP contribution is -2.36. The first-order valence-corrected chi connectivity index (χ1v) is 10.9. The van der Waals surface area contributed by atoms with Crippen molar-refractivity contribution in [1.82, 2.24) is 3.97 Å². The molecule has 174 valence electrons. The Morgan fingerprint density at radius 2 is 1.61 bits per heavy atom. The molecule has 8 nitrogen and oxygen atoms in total. The third-order valence-corrected chi connectivity index (χ3v) is 6.25. The predicted molar refractivity (Wildman–Crippen MR) is 92.5 cm³/mol. The normalized spacial score (nSPS) is 14.5. The van der Waals surface area contributed by atoms with Gasteiger partial charge in [-0.3, -0.25) is 0 Å². The van der Waals surface area contributed by atoms with Crippen LogP contribution in [-0.4, -0.2) is 50.5 Å². The second kappa shape index (κ2) is 8.31. The Labute approximate surface area is 171 Å². The van der Waals surface area contributed by atoms with E-state index in [9.17, 15) is 48.0 Å². The molecule has 0 saturated heterocycles. The molecule has 0 saturated carbocycles. The van der Waals surface area contributed by atoms with Gasteiger partial charge in [0.15, 0.2) is 6.10 Å². The molecule has 1 atom stereocenters. The van der Waals surface area contributed by atoms with Crippen LogP contribution in [0.5, 0.6) is 0 Å². The van der Waals surface area contributed by atoms with Gasteiger partial charge in [0.1, 0.15) is 0 Å². The van der Waals surface area contributed by atoms with E-state index in [4.69, 9.17) is 0 Å². The molecule has 31 heavy (non-hydrogen) atoms. The summed E-state index contributed by atoms with van der Waals surface area (Å²) in [5.41, 5.74) is -12.5. The summed E-state index contributed by atoms with van der Waals surface area (Å²) >= 11 is 0. The number of hydrogen-bond acceptors (Lipinski definition) is 7. The molecular formula is C15H13F6NO7S2. The van der Waals surface area contributed by atoms with Crippen molar-refractivity contribution in [2.75, 3.05) is 6.61 Å². The number of esters is 1. The molecule has 0 aliphatic heterocycles. The van der Waals surface area contributed by atoms with Crippen LogP contribution in [0.1, 0.15) is 12.5 Å². The van der Waals surface area contributed by atoms with Crippen molar-refractivity contribution in [3.05, 3.63) is 36.0 Å². The van der Waals surface area contributed by atoms with Gasteiger partial charge in [-0.15, -0.1) is 0 Å². The van der Waals surface area contributed by atoms with Gasteiger partial charge in [0, 0.05) is 18.0 Å². The number of benzene rings is 1. The SMILES string of the molecule is CCOC(=O)[C@@H](Cc1cn(S(=O)(=O)C(F)(F)F)c2ccccc12)OS(=O)(=O)C(F)(F)F. The van der Waals surface area contributed by atoms with Gasteiger partial charge < -0.3 is 4.74 Å². The molecular weight excluding hydrogens is 484 g/mol. The van der Waals surface area contributed by atoms with Crippen molar-refractivity contribution in [2.24, 2.45) is 0 Å². The van der Waals surface area contributed by atoms with Crippen LogP contribution in [-0.2, 0) is 40.3 Å². The van der Waals surface area contributed by atoms with E-state index in [0.29, 0.717) is 6.20 Å². The van der Waals surface area contributed by atoms with Gasteiger partial charge in [-0.2, -0.15) is 43.2 Å². The highest BCUT2D eigenvalue weighted by molar-refractivity contribution is 7.91. The number of fused-ring (bicyclic) bond motifs is 1. The fourth-order valence-electron chi connectivity index (χ4n) is 2.49. The predicted octanol–water partition coefficient (Wildman–Crippen LogP) is 2.68. The Hall–Kier alpha value is -2.33. The van der Waals surface area contributed by atoms with Gasteiger partial charge in [0.05, 0.1) is 12.1 Å². The smallest absolute Gasteiger partial charge is 0.464 e. The van der Waals surface area contributed by atoms with Crippen LogP contribution in [0.2, 0.25) is 0 Å². The molecule has 0 radical (unpaired) electrons. The van der Waals surface area contributed by atoms with Crippen molar-refractivity contribution in [3.8, 4) is 0 Å². The maximum absolute atomic E-state index is 13.0. The summed E-state index contributed by atoms with van der Waals surface area (Å²) in [5.74, 6) is -1.55. The lowest BCUT2D eigenvalue weighted by Gasteiger charge is -2.17. The molecule has 0 bridgehead atoms. The zero-order chi connectivity index (χ0) is 23.8. The molecule has 16 heteroatoms. The lowest BCUT2D eigenvalue weighted by atomic mass is 10.1. The van der Waals surface area contributed by atoms with E-state index in [1.165, 1.54) is 19.1 Å². The number of carbonyl (C=O) groups is 1. The number of nitrogens with zero attached hydrogens (tertiary/aromatic N) is 1. The third-order valence-electron chi connectivity index (χ3n) is 3.79. The van der Waals surface area contributed by atoms with E-state index in [0.717, 1.165) is 12.1 Å². The molecule has 0 N–H and O–H groups in total. The summed E-state index contributed by atoms with van der Waals surface area (Å²) in [5, 5.41) is -0.197. The van der Waals surface area contributed by atoms with Crippen molar-refractivity contribution < 1.29 is 56.9 Å². The first kappa shape index (κ1) is 24.9. The zero-order valence-corrected chi connectivity index (χ0v) is 16.9. The number of halogens is 6. The average Bonchev–Trinajstić information content (AvgIpc) is 2.98. The van der Waals surface area contributed by atoms with Crippen molar-refractivity contribution in [2.45, 2.75) is 30.5 Å². The Bertz CT molecular complexity index is 1180. The van der Waals surface area contributed by atoms with Gasteiger partial charge >= 0.3 is 37.1 Å². The van der Waals surface area contributed by atoms with Crippen LogP contribution in [0.3, 0.4) is 0 Å². The van der Waals surface area contributed by atoms with Gasteiger partial charge in [0.2, 0.25) is 0 Å². The average molecular weight is 497 g/mol. The fraction of sp³-hybridized carbons (Fsp3) is 0.400. The summed E-state index contributed by atoms with van der Waals surface area (Å²) in [6.07, 6.45) is -3.06. The zero-order valence-electron chi connectivity index (χ0n) is 15.3. The minimum atomic E-state index is -6.28. The molecule has 2 aromatic rings. The fourth-order valence-corrected chi connectivity index (χ4v) is 3.96. The molecule has 2 rings (SSSR count). The summed E-state index contributed by atoms with van der Waals surface area (Å²) in [6.45, 7) is 0.879. The lowest BCUT2D eigenvalue weighted by molar-refractivity contribution is -0.152. The number of aromatic nitrogens is 1. The van der Waals surface area contributed by atoms with Crippen molar-refractivity contribution in [3.63, 3.8) is 0 Å². The Kier molecular flexibility index (Phi) is 6.68. The number of hydrogen-bond donors (Lipinski definition) is 0. The van der Waals surface area contributed by atoms with Gasteiger partial charge in [-0.25, -0.2) is 13.0 Å². The number of ether oxygens (including phenoxy) is 1. The van der Waals surface area contributed by atoms with Crippen molar-refractivity contribution >= 4 is 37.0 Å². The van der Waals surface area contributed by atoms with E-state index < -0.39 is 60.7 Å². The summed E-state index contributed by atoms with van der Waals surface area (Å²) in [6, 6.07) is 4.59. The monoisotopic (exact) mass is 497 g/mol. The van der Waals surface area contributed by atoms with Crippen LogP contribution in [0.4, 0.5) is 26.3 Å². The first-order valence-electron chi connectivity index (χ1n) is 8.10. The molecule has 0 spiro atoms. The van der Waals surface area contributed by atoms with Crippen molar-refractivity contribution in [1.29, 1.82) is 0 Å².